The van der Waals surface area contributed by atoms with Crippen molar-refractivity contribution in [1.82, 2.24) is 5.32 Å². The number of halogens is 3. The van der Waals surface area contributed by atoms with Crippen molar-refractivity contribution in [2.75, 3.05) is 6.54 Å². The number of alkyl halides is 2. The Morgan fingerprint density at radius 1 is 1.09 bits per heavy atom. The second-order valence-electron chi connectivity index (χ2n) is 4.64. The minimum absolute atomic E-state index is 0.121. The fraction of sp³-hybridized carbons (Fsp3) is 0.333. The van der Waals surface area contributed by atoms with E-state index in [1.54, 1.807) is 12.1 Å². The fourth-order valence-corrected chi connectivity index (χ4v) is 2.32. The molecule has 22 heavy (non-hydrogen) atoms. The van der Waals surface area contributed by atoms with Gasteiger partial charge in [0.2, 0.25) is 0 Å². The van der Waals surface area contributed by atoms with Gasteiger partial charge in [-0.25, -0.2) is 4.39 Å². The zero-order chi connectivity index (χ0) is 15.9. The summed E-state index contributed by atoms with van der Waals surface area (Å²) < 4.78 is 42.3. The predicted octanol–water partition coefficient (Wildman–Crippen LogP) is 3.70. The second kappa shape index (κ2) is 8.26. The van der Waals surface area contributed by atoms with Crippen LogP contribution in [0.5, 0.6) is 0 Å². The third-order valence-electron chi connectivity index (χ3n) is 2.96. The highest BCUT2D eigenvalue weighted by atomic mass is 32.2. The number of hydrogen-bond acceptors (Lipinski definition) is 4. The molecule has 2 aromatic rings. The van der Waals surface area contributed by atoms with Crippen molar-refractivity contribution in [2.45, 2.75) is 24.2 Å². The number of aliphatic hydroxyl groups is 1. The van der Waals surface area contributed by atoms with Crippen LogP contribution in [-0.4, -0.2) is 17.4 Å². The second-order valence-corrected chi connectivity index (χ2v) is 5.62. The predicted molar refractivity (Wildman–Crippen MR) is 79.1 cm³/mol. The minimum atomic E-state index is -2.42. The third kappa shape index (κ3) is 5.40. The number of thioether (sulfide) groups is 1. The van der Waals surface area contributed by atoms with Gasteiger partial charge in [-0.15, -0.1) is 0 Å². The molecule has 0 radical (unpaired) electrons. The Morgan fingerprint density at radius 2 is 1.77 bits per heavy atom. The SMILES string of the molecule is OC(CNCc1ccc(CSC(F)F)o1)c1ccc(F)cc1. The Balaban J connectivity index is 1.75. The third-order valence-corrected chi connectivity index (χ3v) is 3.66. The van der Waals surface area contributed by atoms with E-state index < -0.39 is 11.9 Å². The monoisotopic (exact) mass is 331 g/mol. The largest absolute Gasteiger partial charge is 0.464 e. The topological polar surface area (TPSA) is 45.4 Å². The molecule has 2 rings (SSSR count). The van der Waals surface area contributed by atoms with Crippen LogP contribution in [-0.2, 0) is 12.3 Å². The van der Waals surface area contributed by atoms with E-state index in [0.29, 0.717) is 35.4 Å². The zero-order valence-electron chi connectivity index (χ0n) is 11.6. The molecule has 0 aliphatic rings. The van der Waals surface area contributed by atoms with Gasteiger partial charge in [-0.1, -0.05) is 23.9 Å². The number of rotatable bonds is 8. The summed E-state index contributed by atoms with van der Waals surface area (Å²) in [5.41, 5.74) is 0.613. The smallest absolute Gasteiger partial charge is 0.284 e. The van der Waals surface area contributed by atoms with E-state index in [1.165, 1.54) is 24.3 Å². The lowest BCUT2D eigenvalue weighted by molar-refractivity contribution is 0.173. The summed E-state index contributed by atoms with van der Waals surface area (Å²) in [6.45, 7) is 0.644. The molecule has 1 heterocycles. The summed E-state index contributed by atoms with van der Waals surface area (Å²) in [5.74, 6) is -1.56. The van der Waals surface area contributed by atoms with E-state index in [1.807, 2.05) is 0 Å². The molecule has 120 valence electrons. The molecular formula is C15H16F3NO2S. The first-order valence-corrected chi connectivity index (χ1v) is 7.71. The van der Waals surface area contributed by atoms with Crippen LogP contribution in [0.1, 0.15) is 23.2 Å². The summed E-state index contributed by atoms with van der Waals surface area (Å²) in [4.78, 5) is 0. The van der Waals surface area contributed by atoms with Crippen LogP contribution in [0.3, 0.4) is 0 Å². The highest BCUT2D eigenvalue weighted by Crippen LogP contribution is 2.21. The van der Waals surface area contributed by atoms with Gasteiger partial charge in [0.15, 0.2) is 0 Å². The van der Waals surface area contributed by atoms with Crippen LogP contribution in [0.4, 0.5) is 13.2 Å². The maximum absolute atomic E-state index is 12.8. The fourth-order valence-electron chi connectivity index (χ4n) is 1.87. The molecule has 2 N–H and O–H groups in total. The molecule has 0 saturated heterocycles. The molecule has 1 unspecified atom stereocenters. The molecule has 0 fully saturated rings. The molecule has 0 spiro atoms. The van der Waals surface area contributed by atoms with Crippen LogP contribution >= 0.6 is 11.8 Å². The summed E-state index contributed by atoms with van der Waals surface area (Å²) in [6, 6.07) is 8.99. The summed E-state index contributed by atoms with van der Waals surface area (Å²) in [5, 5.41) is 12.9. The highest BCUT2D eigenvalue weighted by Gasteiger charge is 2.09. The lowest BCUT2D eigenvalue weighted by Gasteiger charge is -2.11. The lowest BCUT2D eigenvalue weighted by atomic mass is 10.1. The van der Waals surface area contributed by atoms with Crippen LogP contribution in [0, 0.1) is 5.82 Å². The van der Waals surface area contributed by atoms with Crippen molar-refractivity contribution < 1.29 is 22.7 Å². The van der Waals surface area contributed by atoms with E-state index in [0.717, 1.165) is 0 Å². The molecule has 3 nitrogen and oxygen atoms in total. The van der Waals surface area contributed by atoms with Crippen molar-refractivity contribution in [1.29, 1.82) is 0 Å². The molecule has 0 amide bonds. The number of benzene rings is 1. The van der Waals surface area contributed by atoms with E-state index >= 15 is 0 Å². The van der Waals surface area contributed by atoms with Gasteiger partial charge in [-0.3, -0.25) is 0 Å². The van der Waals surface area contributed by atoms with Crippen LogP contribution in [0.15, 0.2) is 40.8 Å². The van der Waals surface area contributed by atoms with Gasteiger partial charge in [0, 0.05) is 6.54 Å². The van der Waals surface area contributed by atoms with Crippen molar-refractivity contribution in [2.24, 2.45) is 0 Å². The standard InChI is InChI=1S/C15H16F3NO2S/c16-11-3-1-10(2-4-11)14(20)8-19-7-12-5-6-13(21-12)9-22-15(17)18/h1-6,14-15,19-20H,7-9H2. The molecule has 1 aromatic carbocycles. The van der Waals surface area contributed by atoms with E-state index in [4.69, 9.17) is 4.42 Å². The number of aliphatic hydroxyl groups excluding tert-OH is 1. The normalized spacial score (nSPS) is 12.8. The van der Waals surface area contributed by atoms with Gasteiger partial charge < -0.3 is 14.8 Å². The van der Waals surface area contributed by atoms with E-state index in [9.17, 15) is 18.3 Å². The van der Waals surface area contributed by atoms with Crippen molar-refractivity contribution in [3.8, 4) is 0 Å². The minimum Gasteiger partial charge on any atom is -0.464 e. The van der Waals surface area contributed by atoms with Crippen LogP contribution < -0.4 is 5.32 Å². The first-order valence-electron chi connectivity index (χ1n) is 6.66. The van der Waals surface area contributed by atoms with Crippen molar-refractivity contribution >= 4 is 11.8 Å². The molecule has 1 aromatic heterocycles. The molecular weight excluding hydrogens is 315 g/mol. The van der Waals surface area contributed by atoms with Crippen LogP contribution in [0.2, 0.25) is 0 Å². The molecule has 7 heteroatoms. The molecule has 0 bridgehead atoms. The lowest BCUT2D eigenvalue weighted by Crippen LogP contribution is -2.20. The first-order chi connectivity index (χ1) is 10.5. The number of furan rings is 1. The Bertz CT molecular complexity index is 574. The van der Waals surface area contributed by atoms with E-state index in [-0.39, 0.29) is 18.1 Å². The maximum atomic E-state index is 12.8. The molecule has 0 saturated carbocycles. The van der Waals surface area contributed by atoms with E-state index in [2.05, 4.69) is 5.32 Å². The maximum Gasteiger partial charge on any atom is 0.284 e. The first kappa shape index (κ1) is 16.9. The van der Waals surface area contributed by atoms with Gasteiger partial charge in [-0.05, 0) is 29.8 Å². The Kier molecular flexibility index (Phi) is 6.35. The number of nitrogens with one attached hydrogen (secondary N) is 1. The molecule has 1 atom stereocenters. The zero-order valence-corrected chi connectivity index (χ0v) is 12.5. The van der Waals surface area contributed by atoms with Crippen molar-refractivity contribution in [3.63, 3.8) is 0 Å². The van der Waals surface area contributed by atoms with Gasteiger partial charge in [-0.2, -0.15) is 8.78 Å². The average molecular weight is 331 g/mol. The van der Waals surface area contributed by atoms with Gasteiger partial charge in [0.25, 0.3) is 5.76 Å². The molecule has 0 aliphatic carbocycles. The number of hydrogen-bond donors (Lipinski definition) is 2. The summed E-state index contributed by atoms with van der Waals surface area (Å²) >= 11 is 0.507. The van der Waals surface area contributed by atoms with Gasteiger partial charge >= 0.3 is 0 Å². The van der Waals surface area contributed by atoms with Gasteiger partial charge in [0.1, 0.15) is 17.3 Å². The average Bonchev–Trinajstić information content (AvgIpc) is 2.93. The Hall–Kier alpha value is -1.44. The van der Waals surface area contributed by atoms with Crippen molar-refractivity contribution in [3.05, 3.63) is 59.3 Å². The Labute approximate surface area is 130 Å². The van der Waals surface area contributed by atoms with Crippen LogP contribution in [0.25, 0.3) is 0 Å². The summed E-state index contributed by atoms with van der Waals surface area (Å²) in [7, 11) is 0. The molecule has 0 aliphatic heterocycles. The highest BCUT2D eigenvalue weighted by molar-refractivity contribution is 7.98. The quantitative estimate of drug-likeness (QED) is 0.774. The van der Waals surface area contributed by atoms with Gasteiger partial charge in [0.05, 0.1) is 18.4 Å². The summed E-state index contributed by atoms with van der Waals surface area (Å²) in [6.07, 6.45) is -0.760. The Morgan fingerprint density at radius 3 is 2.45 bits per heavy atom.